The highest BCUT2D eigenvalue weighted by molar-refractivity contribution is 6.04. The molecule has 5 nitrogen and oxygen atoms in total. The number of para-hydroxylation sites is 1. The summed E-state index contributed by atoms with van der Waals surface area (Å²) in [5.74, 6) is -0.243. The number of nitrogens with zero attached hydrogens (tertiary/aromatic N) is 2. The van der Waals surface area contributed by atoms with E-state index in [0.29, 0.717) is 12.1 Å². The zero-order chi connectivity index (χ0) is 13.1. The lowest BCUT2D eigenvalue weighted by Crippen LogP contribution is -2.37. The zero-order valence-electron chi connectivity index (χ0n) is 10.6. The van der Waals surface area contributed by atoms with Crippen LogP contribution < -0.4 is 5.32 Å². The summed E-state index contributed by atoms with van der Waals surface area (Å²) in [4.78, 5) is 12.1. The van der Waals surface area contributed by atoms with E-state index in [1.165, 1.54) is 0 Å². The Morgan fingerprint density at radius 3 is 2.89 bits per heavy atom. The van der Waals surface area contributed by atoms with Crippen molar-refractivity contribution >= 4 is 16.8 Å². The molecule has 0 aliphatic rings. The van der Waals surface area contributed by atoms with E-state index in [-0.39, 0.29) is 18.6 Å². The van der Waals surface area contributed by atoms with Crippen LogP contribution in [0.4, 0.5) is 0 Å². The van der Waals surface area contributed by atoms with Crippen LogP contribution in [0.1, 0.15) is 23.8 Å². The predicted molar refractivity (Wildman–Crippen MR) is 69.3 cm³/mol. The average Bonchev–Trinajstić information content (AvgIpc) is 2.74. The molecule has 0 bridgehead atoms. The second-order valence-electron chi connectivity index (χ2n) is 4.25. The molecule has 1 heterocycles. The summed E-state index contributed by atoms with van der Waals surface area (Å²) >= 11 is 0. The number of aromatic nitrogens is 2. The number of hydrogen-bond donors (Lipinski definition) is 2. The van der Waals surface area contributed by atoms with Gasteiger partial charge in [-0.25, -0.2) is 0 Å². The summed E-state index contributed by atoms with van der Waals surface area (Å²) in [7, 11) is 1.81. The Hall–Kier alpha value is -1.88. The number of benzene rings is 1. The van der Waals surface area contributed by atoms with Gasteiger partial charge in [-0.3, -0.25) is 9.48 Å². The number of amides is 1. The van der Waals surface area contributed by atoms with Crippen LogP contribution in [0.15, 0.2) is 24.3 Å². The fraction of sp³-hybridized carbons (Fsp3) is 0.385. The van der Waals surface area contributed by atoms with Crippen LogP contribution in [0.3, 0.4) is 0 Å². The normalized spacial score (nSPS) is 12.6. The first kappa shape index (κ1) is 12.6. The number of aliphatic hydroxyl groups excluding tert-OH is 1. The molecular formula is C13H17N3O2. The summed E-state index contributed by atoms with van der Waals surface area (Å²) in [5, 5.41) is 16.9. The highest BCUT2D eigenvalue weighted by Crippen LogP contribution is 2.17. The van der Waals surface area contributed by atoms with Gasteiger partial charge in [0.05, 0.1) is 18.2 Å². The van der Waals surface area contributed by atoms with Crippen molar-refractivity contribution in [2.24, 2.45) is 7.05 Å². The molecule has 0 saturated heterocycles. The molecule has 1 atom stereocenters. The SMILES string of the molecule is CC[C@H](CO)NC(=O)c1nn(C)c2ccccc12. The number of rotatable bonds is 4. The number of nitrogens with one attached hydrogen (secondary N) is 1. The topological polar surface area (TPSA) is 67.2 Å². The van der Waals surface area contributed by atoms with Gasteiger partial charge in [0.2, 0.25) is 0 Å². The first-order valence-corrected chi connectivity index (χ1v) is 6.00. The van der Waals surface area contributed by atoms with Crippen LogP contribution in [0.25, 0.3) is 10.9 Å². The van der Waals surface area contributed by atoms with E-state index in [2.05, 4.69) is 10.4 Å². The molecule has 0 aliphatic carbocycles. The second kappa shape index (κ2) is 5.18. The quantitative estimate of drug-likeness (QED) is 0.849. The first-order valence-electron chi connectivity index (χ1n) is 6.00. The second-order valence-corrected chi connectivity index (χ2v) is 4.25. The monoisotopic (exact) mass is 247 g/mol. The Kier molecular flexibility index (Phi) is 3.62. The van der Waals surface area contributed by atoms with Crippen LogP contribution in [0.2, 0.25) is 0 Å². The van der Waals surface area contributed by atoms with Crippen molar-refractivity contribution in [3.05, 3.63) is 30.0 Å². The lowest BCUT2D eigenvalue weighted by molar-refractivity contribution is 0.0911. The summed E-state index contributed by atoms with van der Waals surface area (Å²) < 4.78 is 1.68. The van der Waals surface area contributed by atoms with E-state index < -0.39 is 0 Å². The van der Waals surface area contributed by atoms with Crippen LogP contribution in [-0.4, -0.2) is 33.4 Å². The number of carbonyl (C=O) groups excluding carboxylic acids is 1. The summed E-state index contributed by atoms with van der Waals surface area (Å²) in [5.41, 5.74) is 1.32. The Bertz CT molecular complexity index is 558. The van der Waals surface area contributed by atoms with Crippen molar-refractivity contribution < 1.29 is 9.90 Å². The molecule has 0 saturated carbocycles. The molecule has 18 heavy (non-hydrogen) atoms. The van der Waals surface area contributed by atoms with Gasteiger partial charge in [-0.15, -0.1) is 0 Å². The molecule has 2 rings (SSSR count). The molecule has 1 aromatic heterocycles. The number of carbonyl (C=O) groups is 1. The number of aryl methyl sites for hydroxylation is 1. The van der Waals surface area contributed by atoms with Crippen molar-refractivity contribution in [3.63, 3.8) is 0 Å². The largest absolute Gasteiger partial charge is 0.394 e. The number of aliphatic hydroxyl groups is 1. The van der Waals surface area contributed by atoms with Gasteiger partial charge in [-0.2, -0.15) is 5.10 Å². The Morgan fingerprint density at radius 2 is 2.22 bits per heavy atom. The van der Waals surface area contributed by atoms with Crippen molar-refractivity contribution in [2.75, 3.05) is 6.61 Å². The highest BCUT2D eigenvalue weighted by Gasteiger charge is 2.17. The molecule has 0 radical (unpaired) electrons. The third-order valence-corrected chi connectivity index (χ3v) is 3.02. The Balaban J connectivity index is 2.33. The summed E-state index contributed by atoms with van der Waals surface area (Å²) in [6, 6.07) is 7.36. The van der Waals surface area contributed by atoms with E-state index in [4.69, 9.17) is 5.11 Å². The first-order chi connectivity index (χ1) is 8.67. The van der Waals surface area contributed by atoms with Crippen molar-refractivity contribution in [1.82, 2.24) is 15.1 Å². The van der Waals surface area contributed by atoms with E-state index >= 15 is 0 Å². The maximum atomic E-state index is 12.1. The highest BCUT2D eigenvalue weighted by atomic mass is 16.3. The summed E-state index contributed by atoms with van der Waals surface area (Å²) in [6.45, 7) is 1.85. The van der Waals surface area contributed by atoms with Gasteiger partial charge in [0.1, 0.15) is 0 Å². The van der Waals surface area contributed by atoms with Crippen LogP contribution >= 0.6 is 0 Å². The fourth-order valence-corrected chi connectivity index (χ4v) is 1.91. The molecule has 0 aliphatic heterocycles. The van der Waals surface area contributed by atoms with E-state index in [0.717, 1.165) is 10.9 Å². The van der Waals surface area contributed by atoms with Crippen LogP contribution in [-0.2, 0) is 7.05 Å². The third kappa shape index (κ3) is 2.22. The molecule has 96 valence electrons. The number of fused-ring (bicyclic) bond motifs is 1. The molecule has 1 aromatic carbocycles. The maximum absolute atomic E-state index is 12.1. The lowest BCUT2D eigenvalue weighted by Gasteiger charge is -2.12. The van der Waals surface area contributed by atoms with Gasteiger partial charge in [-0.05, 0) is 12.5 Å². The molecule has 5 heteroatoms. The molecule has 0 unspecified atom stereocenters. The molecule has 1 amide bonds. The van der Waals surface area contributed by atoms with Crippen molar-refractivity contribution in [1.29, 1.82) is 0 Å². The van der Waals surface area contributed by atoms with Crippen molar-refractivity contribution in [2.45, 2.75) is 19.4 Å². The van der Waals surface area contributed by atoms with Gasteiger partial charge in [-0.1, -0.05) is 25.1 Å². The van der Waals surface area contributed by atoms with E-state index in [1.807, 2.05) is 38.2 Å². The molecule has 0 spiro atoms. The minimum absolute atomic E-state index is 0.0625. The van der Waals surface area contributed by atoms with E-state index in [1.54, 1.807) is 4.68 Å². The Morgan fingerprint density at radius 1 is 1.50 bits per heavy atom. The predicted octanol–water partition coefficient (Wildman–Crippen LogP) is 1.07. The van der Waals surface area contributed by atoms with Gasteiger partial charge >= 0.3 is 0 Å². The van der Waals surface area contributed by atoms with Gasteiger partial charge in [0, 0.05) is 12.4 Å². The van der Waals surface area contributed by atoms with Crippen molar-refractivity contribution in [3.8, 4) is 0 Å². The smallest absolute Gasteiger partial charge is 0.272 e. The summed E-state index contributed by atoms with van der Waals surface area (Å²) in [6.07, 6.45) is 0.688. The molecular weight excluding hydrogens is 230 g/mol. The zero-order valence-corrected chi connectivity index (χ0v) is 10.6. The van der Waals surface area contributed by atoms with Crippen LogP contribution in [0, 0.1) is 0 Å². The van der Waals surface area contributed by atoms with Gasteiger partial charge in [0.25, 0.3) is 5.91 Å². The van der Waals surface area contributed by atoms with Gasteiger partial charge < -0.3 is 10.4 Å². The standard InChI is InChI=1S/C13H17N3O2/c1-3-9(8-17)14-13(18)12-10-6-4-5-7-11(10)16(2)15-12/h4-7,9,17H,3,8H2,1-2H3,(H,14,18)/t9-/m1/s1. The fourth-order valence-electron chi connectivity index (χ4n) is 1.91. The number of hydrogen-bond acceptors (Lipinski definition) is 3. The molecule has 0 fully saturated rings. The lowest BCUT2D eigenvalue weighted by atomic mass is 10.2. The maximum Gasteiger partial charge on any atom is 0.272 e. The van der Waals surface area contributed by atoms with E-state index in [9.17, 15) is 4.79 Å². The van der Waals surface area contributed by atoms with Crippen LogP contribution in [0.5, 0.6) is 0 Å². The minimum atomic E-state index is -0.243. The minimum Gasteiger partial charge on any atom is -0.394 e. The average molecular weight is 247 g/mol. The van der Waals surface area contributed by atoms with Gasteiger partial charge in [0.15, 0.2) is 5.69 Å². The Labute approximate surface area is 105 Å². The third-order valence-electron chi connectivity index (χ3n) is 3.02. The molecule has 2 N–H and O–H groups in total. The molecule has 2 aromatic rings.